The van der Waals surface area contributed by atoms with E-state index in [-0.39, 0.29) is 12.5 Å². The molecule has 0 saturated carbocycles. The summed E-state index contributed by atoms with van der Waals surface area (Å²) in [5.41, 5.74) is 10.4. The number of nitrogens with one attached hydrogen (secondary N) is 1. The zero-order valence-corrected chi connectivity index (χ0v) is 8.44. The third kappa shape index (κ3) is 1.39. The Labute approximate surface area is 86.5 Å². The molecule has 0 aliphatic carbocycles. The van der Waals surface area contributed by atoms with Crippen molar-refractivity contribution in [2.24, 2.45) is 7.05 Å². The standard InChI is InChI=1S/C9H14N4O2/c1-12-6-4-8(10)13(11-2-3-14)7(6)5-9(12)15/h4-5,11,14-15H,2-3,10H2,1H3. The molecule has 0 aliphatic heterocycles. The van der Waals surface area contributed by atoms with E-state index in [1.54, 1.807) is 28.4 Å². The van der Waals surface area contributed by atoms with E-state index in [0.717, 1.165) is 11.0 Å². The van der Waals surface area contributed by atoms with Crippen LogP contribution in [-0.2, 0) is 7.05 Å². The molecule has 2 aromatic rings. The molecule has 0 atom stereocenters. The summed E-state index contributed by atoms with van der Waals surface area (Å²) >= 11 is 0. The number of aliphatic hydroxyl groups is 1. The number of nitrogen functional groups attached to an aromatic ring is 1. The van der Waals surface area contributed by atoms with Gasteiger partial charge >= 0.3 is 0 Å². The molecule has 6 heteroatoms. The van der Waals surface area contributed by atoms with Crippen molar-refractivity contribution in [3.05, 3.63) is 12.1 Å². The van der Waals surface area contributed by atoms with E-state index >= 15 is 0 Å². The number of anilines is 1. The number of nitrogens with zero attached hydrogens (tertiary/aromatic N) is 2. The van der Waals surface area contributed by atoms with E-state index in [4.69, 9.17) is 10.8 Å². The average Bonchev–Trinajstić information content (AvgIpc) is 2.64. The highest BCUT2D eigenvalue weighted by Crippen LogP contribution is 2.26. The number of fused-ring (bicyclic) bond motifs is 1. The number of aromatic hydroxyl groups is 1. The van der Waals surface area contributed by atoms with Crippen LogP contribution >= 0.6 is 0 Å². The van der Waals surface area contributed by atoms with Crippen molar-refractivity contribution in [1.29, 1.82) is 0 Å². The van der Waals surface area contributed by atoms with Crippen LogP contribution in [-0.4, -0.2) is 32.6 Å². The summed E-state index contributed by atoms with van der Waals surface area (Å²) in [5.74, 6) is 0.726. The van der Waals surface area contributed by atoms with Crippen LogP contribution < -0.4 is 11.2 Å². The van der Waals surface area contributed by atoms with Gasteiger partial charge in [-0.3, -0.25) is 0 Å². The summed E-state index contributed by atoms with van der Waals surface area (Å²) in [4.78, 5) is 0. The zero-order chi connectivity index (χ0) is 11.0. The van der Waals surface area contributed by atoms with Gasteiger partial charge in [0.15, 0.2) is 5.88 Å². The Bertz CT molecular complexity index is 486. The maximum atomic E-state index is 9.50. The van der Waals surface area contributed by atoms with Crippen LogP contribution in [0.3, 0.4) is 0 Å². The highest BCUT2D eigenvalue weighted by molar-refractivity contribution is 5.84. The molecule has 15 heavy (non-hydrogen) atoms. The topological polar surface area (TPSA) is 88.4 Å². The summed E-state index contributed by atoms with van der Waals surface area (Å²) < 4.78 is 3.29. The second kappa shape index (κ2) is 3.39. The van der Waals surface area contributed by atoms with Gasteiger partial charge < -0.3 is 25.9 Å². The number of hydrogen-bond donors (Lipinski definition) is 4. The van der Waals surface area contributed by atoms with Crippen molar-refractivity contribution in [2.75, 3.05) is 24.3 Å². The fourth-order valence-electron chi connectivity index (χ4n) is 1.62. The Balaban J connectivity index is 2.52. The van der Waals surface area contributed by atoms with Crippen molar-refractivity contribution in [1.82, 2.24) is 9.24 Å². The third-order valence-corrected chi connectivity index (χ3v) is 2.40. The fraction of sp³-hybridized carbons (Fsp3) is 0.333. The molecule has 0 radical (unpaired) electrons. The first-order valence-electron chi connectivity index (χ1n) is 4.65. The van der Waals surface area contributed by atoms with Gasteiger partial charge in [0.2, 0.25) is 0 Å². The molecule has 0 aliphatic rings. The van der Waals surface area contributed by atoms with Crippen molar-refractivity contribution in [2.45, 2.75) is 0 Å². The SMILES string of the molecule is Cn1c(O)cc2c1cc(N)n2NCCO. The minimum absolute atomic E-state index is 0.0257. The number of aryl methyl sites for hydroxylation is 1. The monoisotopic (exact) mass is 210 g/mol. The summed E-state index contributed by atoms with van der Waals surface area (Å²) in [7, 11) is 1.76. The highest BCUT2D eigenvalue weighted by Gasteiger charge is 2.11. The maximum Gasteiger partial charge on any atom is 0.193 e. The van der Waals surface area contributed by atoms with Gasteiger partial charge in [0, 0.05) is 19.2 Å². The number of hydrogen-bond acceptors (Lipinski definition) is 4. The van der Waals surface area contributed by atoms with Crippen molar-refractivity contribution >= 4 is 16.9 Å². The number of aliphatic hydroxyl groups excluding tert-OH is 1. The second-order valence-electron chi connectivity index (χ2n) is 3.37. The van der Waals surface area contributed by atoms with Gasteiger partial charge in [-0.2, -0.15) is 0 Å². The van der Waals surface area contributed by atoms with Crippen molar-refractivity contribution in [3.8, 4) is 5.88 Å². The van der Waals surface area contributed by atoms with Crippen LogP contribution in [0.4, 0.5) is 5.82 Å². The van der Waals surface area contributed by atoms with Gasteiger partial charge in [-0.15, -0.1) is 0 Å². The zero-order valence-electron chi connectivity index (χ0n) is 8.44. The molecule has 6 nitrogen and oxygen atoms in total. The lowest BCUT2D eigenvalue weighted by Crippen LogP contribution is -2.19. The maximum absolute atomic E-state index is 9.50. The Kier molecular flexibility index (Phi) is 2.20. The first-order chi connectivity index (χ1) is 7.15. The van der Waals surface area contributed by atoms with E-state index in [1.807, 2.05) is 0 Å². The van der Waals surface area contributed by atoms with E-state index in [2.05, 4.69) is 5.43 Å². The largest absolute Gasteiger partial charge is 0.494 e. The summed E-state index contributed by atoms with van der Waals surface area (Å²) in [6.07, 6.45) is 0. The number of nitrogens with two attached hydrogens (primary N) is 1. The average molecular weight is 210 g/mol. The third-order valence-electron chi connectivity index (χ3n) is 2.40. The summed E-state index contributed by atoms with van der Waals surface area (Å²) in [5, 5.41) is 18.2. The van der Waals surface area contributed by atoms with E-state index < -0.39 is 0 Å². The molecule has 2 rings (SSSR count). The van der Waals surface area contributed by atoms with Crippen molar-refractivity contribution < 1.29 is 10.2 Å². The van der Waals surface area contributed by atoms with Gasteiger partial charge in [-0.25, -0.2) is 4.68 Å². The fourth-order valence-corrected chi connectivity index (χ4v) is 1.62. The molecule has 2 aromatic heterocycles. The Hall–Kier alpha value is -1.82. The minimum atomic E-state index is 0.0257. The van der Waals surface area contributed by atoms with Crippen molar-refractivity contribution in [3.63, 3.8) is 0 Å². The molecule has 5 N–H and O–H groups in total. The van der Waals surface area contributed by atoms with Gasteiger partial charge in [0.1, 0.15) is 5.82 Å². The summed E-state index contributed by atoms with van der Waals surface area (Å²) in [6.45, 7) is 0.432. The second-order valence-corrected chi connectivity index (χ2v) is 3.37. The van der Waals surface area contributed by atoms with Crippen LogP contribution in [0.2, 0.25) is 0 Å². The lowest BCUT2D eigenvalue weighted by atomic mass is 10.5. The Morgan fingerprint density at radius 2 is 2.13 bits per heavy atom. The van der Waals surface area contributed by atoms with Crippen LogP contribution in [0.15, 0.2) is 12.1 Å². The minimum Gasteiger partial charge on any atom is -0.494 e. The highest BCUT2D eigenvalue weighted by atomic mass is 16.3. The quantitative estimate of drug-likeness (QED) is 0.565. The predicted molar refractivity (Wildman–Crippen MR) is 58.3 cm³/mol. The van der Waals surface area contributed by atoms with E-state index in [0.29, 0.717) is 12.4 Å². The lowest BCUT2D eigenvalue weighted by molar-refractivity contribution is 0.307. The predicted octanol–water partition coefficient (Wildman–Crippen LogP) is -0.197. The molecule has 0 fully saturated rings. The molecule has 2 heterocycles. The van der Waals surface area contributed by atoms with Gasteiger partial charge in [-0.05, 0) is 0 Å². The van der Waals surface area contributed by atoms with Gasteiger partial charge in [0.05, 0.1) is 24.2 Å². The molecular formula is C9H14N4O2. The Morgan fingerprint density at radius 3 is 2.80 bits per heavy atom. The number of rotatable bonds is 3. The van der Waals surface area contributed by atoms with Crippen LogP contribution in [0.5, 0.6) is 5.88 Å². The Morgan fingerprint density at radius 1 is 1.40 bits per heavy atom. The first-order valence-corrected chi connectivity index (χ1v) is 4.65. The van der Waals surface area contributed by atoms with Crippen LogP contribution in [0, 0.1) is 0 Å². The van der Waals surface area contributed by atoms with E-state index in [9.17, 15) is 5.11 Å². The normalized spacial score (nSPS) is 11.1. The molecular weight excluding hydrogens is 196 g/mol. The molecule has 0 amide bonds. The molecule has 0 spiro atoms. The molecule has 0 bridgehead atoms. The smallest absolute Gasteiger partial charge is 0.193 e. The molecule has 82 valence electrons. The van der Waals surface area contributed by atoms with Crippen LogP contribution in [0.25, 0.3) is 11.0 Å². The van der Waals surface area contributed by atoms with Gasteiger partial charge in [0.25, 0.3) is 0 Å². The first kappa shape index (κ1) is 9.72. The molecule has 0 saturated heterocycles. The van der Waals surface area contributed by atoms with Gasteiger partial charge in [-0.1, -0.05) is 0 Å². The number of aromatic nitrogens is 2. The lowest BCUT2D eigenvalue weighted by Gasteiger charge is -2.08. The molecule has 0 unspecified atom stereocenters. The summed E-state index contributed by atoms with van der Waals surface area (Å²) in [6, 6.07) is 3.38. The van der Waals surface area contributed by atoms with E-state index in [1.165, 1.54) is 0 Å². The molecule has 0 aromatic carbocycles. The van der Waals surface area contributed by atoms with Crippen LogP contribution in [0.1, 0.15) is 0 Å².